The smallest absolute Gasteiger partial charge is 0.317 e. The number of nitrogens with zero attached hydrogens (tertiary/aromatic N) is 1. The molecule has 5 unspecified atom stereocenters. The van der Waals surface area contributed by atoms with Crippen molar-refractivity contribution in [2.45, 2.75) is 58.0 Å². The van der Waals surface area contributed by atoms with E-state index < -0.39 is 5.97 Å². The van der Waals surface area contributed by atoms with Gasteiger partial charge in [0, 0.05) is 18.6 Å². The Kier molecular flexibility index (Phi) is 3.84. The first-order chi connectivity index (χ1) is 9.99. The highest BCUT2D eigenvalue weighted by Gasteiger charge is 2.52. The second-order valence-electron chi connectivity index (χ2n) is 7.32. The Balaban J connectivity index is 1.68. The number of hydrogen-bond acceptors (Lipinski definition) is 2. The lowest BCUT2D eigenvalue weighted by Crippen LogP contribution is -2.53. The van der Waals surface area contributed by atoms with Gasteiger partial charge in [-0.1, -0.05) is 13.8 Å². The highest BCUT2D eigenvalue weighted by molar-refractivity contribution is 5.78. The fourth-order valence-electron chi connectivity index (χ4n) is 4.82. The van der Waals surface area contributed by atoms with Crippen molar-refractivity contribution < 1.29 is 14.7 Å². The van der Waals surface area contributed by atoms with Gasteiger partial charge >= 0.3 is 12.0 Å². The minimum Gasteiger partial charge on any atom is -0.481 e. The van der Waals surface area contributed by atoms with E-state index in [-0.39, 0.29) is 23.9 Å². The predicted molar refractivity (Wildman–Crippen MR) is 78.8 cm³/mol. The Hall–Kier alpha value is -1.26. The van der Waals surface area contributed by atoms with Crippen molar-refractivity contribution in [3.05, 3.63) is 0 Å². The van der Waals surface area contributed by atoms with Crippen LogP contribution in [0.1, 0.15) is 46.0 Å². The van der Waals surface area contributed by atoms with Crippen molar-refractivity contribution in [2.75, 3.05) is 6.54 Å². The highest BCUT2D eigenvalue weighted by Crippen LogP contribution is 2.48. The van der Waals surface area contributed by atoms with Crippen molar-refractivity contribution in [1.29, 1.82) is 0 Å². The van der Waals surface area contributed by atoms with Crippen molar-refractivity contribution in [3.63, 3.8) is 0 Å². The number of aliphatic carboxylic acids is 1. The molecule has 2 N–H and O–H groups in total. The second-order valence-corrected chi connectivity index (χ2v) is 7.32. The van der Waals surface area contributed by atoms with Crippen LogP contribution >= 0.6 is 0 Å². The molecule has 3 rings (SSSR count). The maximum Gasteiger partial charge on any atom is 0.317 e. The monoisotopic (exact) mass is 294 g/mol. The van der Waals surface area contributed by atoms with Gasteiger partial charge in [-0.15, -0.1) is 0 Å². The van der Waals surface area contributed by atoms with Gasteiger partial charge in [0.25, 0.3) is 0 Å². The fourth-order valence-corrected chi connectivity index (χ4v) is 4.82. The van der Waals surface area contributed by atoms with Gasteiger partial charge in [0.05, 0.1) is 5.92 Å². The van der Waals surface area contributed by atoms with Gasteiger partial charge in [-0.2, -0.15) is 0 Å². The first kappa shape index (κ1) is 14.7. The van der Waals surface area contributed by atoms with Gasteiger partial charge in [-0.3, -0.25) is 4.79 Å². The summed E-state index contributed by atoms with van der Waals surface area (Å²) < 4.78 is 0. The summed E-state index contributed by atoms with van der Waals surface area (Å²) in [7, 11) is 0. The van der Waals surface area contributed by atoms with Gasteiger partial charge in [-0.25, -0.2) is 4.79 Å². The molecule has 0 radical (unpaired) electrons. The van der Waals surface area contributed by atoms with E-state index in [4.69, 9.17) is 0 Å². The van der Waals surface area contributed by atoms with E-state index in [1.807, 2.05) is 4.90 Å². The van der Waals surface area contributed by atoms with Crippen molar-refractivity contribution >= 4 is 12.0 Å². The number of carboxylic acid groups (broad SMARTS) is 1. The number of likely N-dealkylation sites (tertiary alicyclic amines) is 1. The van der Waals surface area contributed by atoms with Gasteiger partial charge in [0.1, 0.15) is 0 Å². The molecule has 0 aromatic rings. The molecular weight excluding hydrogens is 268 g/mol. The minimum absolute atomic E-state index is 0.0463. The molecule has 0 aromatic heterocycles. The highest BCUT2D eigenvalue weighted by atomic mass is 16.4. The average Bonchev–Trinajstić information content (AvgIpc) is 3.13. The molecule has 0 aromatic carbocycles. The molecule has 0 spiro atoms. The molecule has 5 heteroatoms. The number of nitrogens with one attached hydrogen (secondary N) is 1. The van der Waals surface area contributed by atoms with Gasteiger partial charge in [0.2, 0.25) is 0 Å². The molecular formula is C16H26N2O3. The number of carbonyl (C=O) groups is 2. The van der Waals surface area contributed by atoms with Crippen molar-refractivity contribution in [3.8, 4) is 0 Å². The van der Waals surface area contributed by atoms with Crippen LogP contribution in [0, 0.1) is 23.7 Å². The molecule has 1 aliphatic heterocycles. The number of fused-ring (bicyclic) bond motifs is 2. The molecule has 118 valence electrons. The summed E-state index contributed by atoms with van der Waals surface area (Å²) in [6.07, 6.45) is 5.15. The molecule has 1 heterocycles. The molecule has 2 aliphatic carbocycles. The SMILES string of the molecule is CC(C)C1CCCN1C(=O)NC1C2CCC(C2)C1C(=O)O. The van der Waals surface area contributed by atoms with Gasteiger partial charge < -0.3 is 15.3 Å². The number of carbonyl (C=O) groups excluding carboxylic acids is 1. The Bertz CT molecular complexity index is 437. The lowest BCUT2D eigenvalue weighted by molar-refractivity contribution is -0.144. The molecule has 1 saturated heterocycles. The maximum absolute atomic E-state index is 12.6. The summed E-state index contributed by atoms with van der Waals surface area (Å²) in [4.78, 5) is 26.0. The zero-order valence-electron chi connectivity index (χ0n) is 12.9. The van der Waals surface area contributed by atoms with E-state index in [9.17, 15) is 14.7 Å². The van der Waals surface area contributed by atoms with Gasteiger partial charge in [-0.05, 0) is 49.9 Å². The molecule has 2 amide bonds. The van der Waals surface area contributed by atoms with Crippen LogP contribution in [-0.2, 0) is 4.79 Å². The van der Waals surface area contributed by atoms with Crippen LogP contribution in [-0.4, -0.2) is 40.6 Å². The number of hydrogen-bond donors (Lipinski definition) is 2. The molecule has 2 bridgehead atoms. The number of amides is 2. The van der Waals surface area contributed by atoms with E-state index in [0.29, 0.717) is 17.9 Å². The summed E-state index contributed by atoms with van der Waals surface area (Å²) in [6, 6.07) is 0.0871. The summed E-state index contributed by atoms with van der Waals surface area (Å²) in [5, 5.41) is 12.5. The zero-order chi connectivity index (χ0) is 15.1. The predicted octanol–water partition coefficient (Wildman–Crippen LogP) is 2.32. The largest absolute Gasteiger partial charge is 0.481 e. The lowest BCUT2D eigenvalue weighted by atomic mass is 9.84. The Morgan fingerprint density at radius 1 is 1.19 bits per heavy atom. The van der Waals surface area contributed by atoms with E-state index in [1.165, 1.54) is 0 Å². The minimum atomic E-state index is -0.741. The normalized spacial score (nSPS) is 38.2. The van der Waals surface area contributed by atoms with Crippen molar-refractivity contribution in [2.24, 2.45) is 23.7 Å². The molecule has 21 heavy (non-hydrogen) atoms. The first-order valence-corrected chi connectivity index (χ1v) is 8.29. The lowest BCUT2D eigenvalue weighted by Gasteiger charge is -2.33. The van der Waals surface area contributed by atoms with E-state index in [0.717, 1.165) is 38.6 Å². The van der Waals surface area contributed by atoms with Crippen LogP contribution in [0.15, 0.2) is 0 Å². The standard InChI is InChI=1S/C16H26N2O3/c1-9(2)12-4-3-7-18(12)16(21)17-14-11-6-5-10(8-11)13(14)15(19)20/h9-14H,3-8H2,1-2H3,(H,17,21)(H,19,20). The molecule has 3 aliphatic rings. The van der Waals surface area contributed by atoms with Crippen LogP contribution < -0.4 is 5.32 Å². The summed E-state index contributed by atoms with van der Waals surface area (Å²) in [6.45, 7) is 5.09. The Labute approximate surface area is 126 Å². The third-order valence-electron chi connectivity index (χ3n) is 5.82. The molecule has 2 saturated carbocycles. The Morgan fingerprint density at radius 3 is 2.57 bits per heavy atom. The Morgan fingerprint density at radius 2 is 1.90 bits per heavy atom. The summed E-state index contributed by atoms with van der Waals surface area (Å²) >= 11 is 0. The molecule has 5 atom stereocenters. The number of rotatable bonds is 3. The van der Waals surface area contributed by atoms with E-state index in [2.05, 4.69) is 19.2 Å². The second kappa shape index (κ2) is 5.50. The fraction of sp³-hybridized carbons (Fsp3) is 0.875. The summed E-state index contributed by atoms with van der Waals surface area (Å²) in [5.74, 6) is -0.0480. The third-order valence-corrected chi connectivity index (χ3v) is 5.82. The quantitative estimate of drug-likeness (QED) is 0.839. The molecule has 3 fully saturated rings. The average molecular weight is 294 g/mol. The van der Waals surface area contributed by atoms with Crippen LogP contribution in [0.4, 0.5) is 4.79 Å². The summed E-state index contributed by atoms with van der Waals surface area (Å²) in [5.41, 5.74) is 0. The molecule has 5 nitrogen and oxygen atoms in total. The van der Waals surface area contributed by atoms with E-state index in [1.54, 1.807) is 0 Å². The maximum atomic E-state index is 12.6. The third kappa shape index (κ3) is 2.51. The van der Waals surface area contributed by atoms with Crippen LogP contribution in [0.5, 0.6) is 0 Å². The van der Waals surface area contributed by atoms with Crippen molar-refractivity contribution in [1.82, 2.24) is 10.2 Å². The van der Waals surface area contributed by atoms with Crippen LogP contribution in [0.3, 0.4) is 0 Å². The van der Waals surface area contributed by atoms with Crippen LogP contribution in [0.2, 0.25) is 0 Å². The van der Waals surface area contributed by atoms with Crippen LogP contribution in [0.25, 0.3) is 0 Å². The van der Waals surface area contributed by atoms with E-state index >= 15 is 0 Å². The topological polar surface area (TPSA) is 69.6 Å². The zero-order valence-corrected chi connectivity index (χ0v) is 12.9. The number of urea groups is 1. The number of carboxylic acids is 1. The van der Waals surface area contributed by atoms with Gasteiger partial charge in [0.15, 0.2) is 0 Å². The first-order valence-electron chi connectivity index (χ1n) is 8.29.